The van der Waals surface area contributed by atoms with Crippen LogP contribution in [0.2, 0.25) is 0 Å². The van der Waals surface area contributed by atoms with E-state index in [1.54, 1.807) is 0 Å². The van der Waals surface area contributed by atoms with Gasteiger partial charge in [-0.2, -0.15) is 4.98 Å². The summed E-state index contributed by atoms with van der Waals surface area (Å²) >= 11 is 0. The van der Waals surface area contributed by atoms with Crippen molar-refractivity contribution in [1.82, 2.24) is 18.7 Å². The fourth-order valence-electron chi connectivity index (χ4n) is 2.69. The van der Waals surface area contributed by atoms with Crippen LogP contribution < -0.4 is 21.7 Å². The van der Waals surface area contributed by atoms with E-state index in [2.05, 4.69) is 10.3 Å². The predicted octanol–water partition coefficient (Wildman–Crippen LogP) is -1.09. The van der Waals surface area contributed by atoms with E-state index in [1.807, 2.05) is 0 Å². The number of rotatable bonds is 5. The standard InChI is InChI=1S/C15H16N6O6S/c1-19-12-11(13(24)20(2)15(19)25)21(7-10(22)23)14(18-12)17-8-3-5-9(6-4-8)28(16,26)27/h3-6H,7H2,1-2H3,(H,17,18)(H,22,23)(H2,16,26,27). The Kier molecular flexibility index (Phi) is 4.56. The van der Waals surface area contributed by atoms with Crippen LogP contribution in [0.1, 0.15) is 0 Å². The fourth-order valence-corrected chi connectivity index (χ4v) is 3.20. The van der Waals surface area contributed by atoms with Crippen molar-refractivity contribution >= 4 is 38.8 Å². The highest BCUT2D eigenvalue weighted by Crippen LogP contribution is 2.21. The smallest absolute Gasteiger partial charge is 0.332 e. The number of hydrogen-bond donors (Lipinski definition) is 3. The lowest BCUT2D eigenvalue weighted by Crippen LogP contribution is -2.37. The first-order valence-electron chi connectivity index (χ1n) is 7.78. The van der Waals surface area contributed by atoms with Gasteiger partial charge in [-0.15, -0.1) is 0 Å². The zero-order valence-corrected chi connectivity index (χ0v) is 15.6. The van der Waals surface area contributed by atoms with Gasteiger partial charge in [-0.1, -0.05) is 0 Å². The van der Waals surface area contributed by atoms with Crippen molar-refractivity contribution < 1.29 is 18.3 Å². The van der Waals surface area contributed by atoms with Crippen LogP contribution in [0.5, 0.6) is 0 Å². The van der Waals surface area contributed by atoms with Crippen LogP contribution in [-0.2, 0) is 35.5 Å². The number of carboxylic acid groups (broad SMARTS) is 1. The molecule has 0 bridgehead atoms. The Morgan fingerprint density at radius 1 is 1.18 bits per heavy atom. The molecule has 3 rings (SSSR count). The fraction of sp³-hybridized carbons (Fsp3) is 0.200. The number of primary sulfonamides is 1. The van der Waals surface area contributed by atoms with Crippen LogP contribution >= 0.6 is 0 Å². The predicted molar refractivity (Wildman–Crippen MR) is 98.9 cm³/mol. The lowest BCUT2D eigenvalue weighted by Gasteiger charge is -2.09. The highest BCUT2D eigenvalue weighted by molar-refractivity contribution is 7.89. The third kappa shape index (κ3) is 3.27. The zero-order valence-electron chi connectivity index (χ0n) is 14.8. The number of nitrogens with zero attached hydrogens (tertiary/aromatic N) is 4. The molecule has 2 heterocycles. The molecular weight excluding hydrogens is 392 g/mol. The van der Waals surface area contributed by atoms with Gasteiger partial charge in [0.15, 0.2) is 11.2 Å². The Morgan fingerprint density at radius 3 is 2.32 bits per heavy atom. The number of sulfonamides is 1. The number of hydrogen-bond acceptors (Lipinski definition) is 7. The summed E-state index contributed by atoms with van der Waals surface area (Å²) < 4.78 is 25.8. The molecule has 12 nitrogen and oxygen atoms in total. The summed E-state index contributed by atoms with van der Waals surface area (Å²) in [6, 6.07) is 5.33. The SMILES string of the molecule is Cn1c(=O)c2c(nc(Nc3ccc(S(N)(=O)=O)cc3)n2CC(=O)O)n(C)c1=O. The van der Waals surface area contributed by atoms with Crippen LogP contribution in [-0.4, -0.2) is 38.2 Å². The molecule has 0 spiro atoms. The monoisotopic (exact) mass is 408 g/mol. The molecule has 0 unspecified atom stereocenters. The van der Waals surface area contributed by atoms with Gasteiger partial charge in [0.05, 0.1) is 4.90 Å². The molecule has 0 aliphatic carbocycles. The summed E-state index contributed by atoms with van der Waals surface area (Å²) in [6.45, 7) is -0.582. The van der Waals surface area contributed by atoms with E-state index in [9.17, 15) is 27.9 Å². The van der Waals surface area contributed by atoms with Gasteiger partial charge in [0.2, 0.25) is 16.0 Å². The van der Waals surface area contributed by atoms with E-state index in [4.69, 9.17) is 5.14 Å². The Hall–Kier alpha value is -3.45. The molecule has 2 aromatic heterocycles. The van der Waals surface area contributed by atoms with Crippen molar-refractivity contribution in [2.24, 2.45) is 19.2 Å². The maximum atomic E-state index is 12.5. The molecule has 0 saturated carbocycles. The molecule has 0 fully saturated rings. The van der Waals surface area contributed by atoms with Crippen LogP contribution in [0.3, 0.4) is 0 Å². The summed E-state index contributed by atoms with van der Waals surface area (Å²) in [7, 11) is -1.18. The summed E-state index contributed by atoms with van der Waals surface area (Å²) in [6.07, 6.45) is 0. The second-order valence-electron chi connectivity index (χ2n) is 5.99. The topological polar surface area (TPSA) is 171 Å². The number of benzene rings is 1. The van der Waals surface area contributed by atoms with Gasteiger partial charge in [0.1, 0.15) is 6.54 Å². The first-order valence-corrected chi connectivity index (χ1v) is 9.33. The van der Waals surface area contributed by atoms with Crippen molar-refractivity contribution in [3.8, 4) is 0 Å². The third-order valence-corrected chi connectivity index (χ3v) is 5.01. The first-order chi connectivity index (χ1) is 13.0. The van der Waals surface area contributed by atoms with E-state index < -0.39 is 33.8 Å². The summed E-state index contributed by atoms with van der Waals surface area (Å²) in [5.41, 5.74) is -0.976. The molecule has 1 aromatic carbocycles. The second kappa shape index (κ2) is 6.61. The molecular formula is C15H16N6O6S. The van der Waals surface area contributed by atoms with Gasteiger partial charge in [0, 0.05) is 19.8 Å². The summed E-state index contributed by atoms with van der Waals surface area (Å²) in [4.78, 5) is 40.0. The Balaban J connectivity index is 2.19. The van der Waals surface area contributed by atoms with E-state index in [0.29, 0.717) is 5.69 Å². The minimum absolute atomic E-state index is 0.000874. The molecule has 3 aromatic rings. The van der Waals surface area contributed by atoms with E-state index in [0.717, 1.165) is 13.7 Å². The number of imidazole rings is 1. The van der Waals surface area contributed by atoms with Gasteiger partial charge < -0.3 is 10.4 Å². The summed E-state index contributed by atoms with van der Waals surface area (Å²) in [5.74, 6) is -1.22. The Morgan fingerprint density at radius 2 is 1.79 bits per heavy atom. The number of carboxylic acids is 1. The Bertz CT molecular complexity index is 1320. The number of aliphatic carboxylic acids is 1. The lowest BCUT2D eigenvalue weighted by molar-refractivity contribution is -0.137. The molecule has 0 amide bonds. The molecule has 0 aliphatic rings. The second-order valence-corrected chi connectivity index (χ2v) is 7.55. The maximum absolute atomic E-state index is 12.5. The van der Waals surface area contributed by atoms with Gasteiger partial charge in [-0.3, -0.25) is 23.3 Å². The largest absolute Gasteiger partial charge is 0.480 e. The van der Waals surface area contributed by atoms with E-state index in [-0.39, 0.29) is 22.0 Å². The normalized spacial score (nSPS) is 11.7. The number of fused-ring (bicyclic) bond motifs is 1. The Labute approximate surface area is 157 Å². The zero-order chi connectivity index (χ0) is 20.8. The van der Waals surface area contributed by atoms with Crippen LogP contribution in [0.25, 0.3) is 11.2 Å². The number of aryl methyl sites for hydroxylation is 1. The number of carbonyl (C=O) groups is 1. The highest BCUT2D eigenvalue weighted by Gasteiger charge is 2.21. The van der Waals surface area contributed by atoms with Gasteiger partial charge in [-0.05, 0) is 24.3 Å². The average Bonchev–Trinajstić information content (AvgIpc) is 2.95. The minimum atomic E-state index is -3.87. The molecule has 0 radical (unpaired) electrons. The number of aromatic nitrogens is 4. The first kappa shape index (κ1) is 19.3. The molecule has 0 atom stereocenters. The number of anilines is 2. The third-order valence-electron chi connectivity index (χ3n) is 4.08. The van der Waals surface area contributed by atoms with Crippen molar-refractivity contribution in [3.05, 3.63) is 45.1 Å². The maximum Gasteiger partial charge on any atom is 0.332 e. The van der Waals surface area contributed by atoms with Crippen molar-refractivity contribution in [2.75, 3.05) is 5.32 Å². The van der Waals surface area contributed by atoms with E-state index >= 15 is 0 Å². The van der Waals surface area contributed by atoms with Gasteiger partial charge in [0.25, 0.3) is 5.56 Å². The van der Waals surface area contributed by atoms with Crippen molar-refractivity contribution in [3.63, 3.8) is 0 Å². The highest BCUT2D eigenvalue weighted by atomic mass is 32.2. The van der Waals surface area contributed by atoms with Crippen LogP contribution in [0.15, 0.2) is 38.8 Å². The van der Waals surface area contributed by atoms with Crippen molar-refractivity contribution in [2.45, 2.75) is 11.4 Å². The molecule has 0 aliphatic heterocycles. The van der Waals surface area contributed by atoms with Crippen LogP contribution in [0.4, 0.5) is 11.6 Å². The van der Waals surface area contributed by atoms with Gasteiger partial charge >= 0.3 is 11.7 Å². The quantitative estimate of drug-likeness (QED) is 0.478. The summed E-state index contributed by atoms with van der Waals surface area (Å²) in [5, 5.41) is 17.1. The average molecular weight is 408 g/mol. The van der Waals surface area contributed by atoms with Crippen LogP contribution in [0, 0.1) is 0 Å². The molecule has 28 heavy (non-hydrogen) atoms. The number of nitrogens with two attached hydrogens (primary N) is 1. The number of nitrogens with one attached hydrogen (secondary N) is 1. The van der Waals surface area contributed by atoms with Crippen molar-refractivity contribution in [1.29, 1.82) is 0 Å². The minimum Gasteiger partial charge on any atom is -0.480 e. The molecule has 4 N–H and O–H groups in total. The van der Waals surface area contributed by atoms with E-state index in [1.165, 1.54) is 38.4 Å². The molecule has 148 valence electrons. The van der Waals surface area contributed by atoms with Gasteiger partial charge in [-0.25, -0.2) is 18.4 Å². The molecule has 0 saturated heterocycles. The lowest BCUT2D eigenvalue weighted by atomic mass is 10.3. The molecule has 13 heteroatoms.